The molecule has 2 heteroatoms. The fraction of sp³-hybridized carbons (Fsp3) is 0.389. The van der Waals surface area contributed by atoms with Crippen molar-refractivity contribution < 1.29 is 4.74 Å². The van der Waals surface area contributed by atoms with Gasteiger partial charge in [-0.15, -0.1) is 0 Å². The lowest BCUT2D eigenvalue weighted by Crippen LogP contribution is -2.22. The van der Waals surface area contributed by atoms with Crippen LogP contribution < -0.4 is 4.74 Å². The van der Waals surface area contributed by atoms with Crippen molar-refractivity contribution in [3.8, 4) is 11.8 Å². The molecule has 0 aromatic heterocycles. The second-order valence-electron chi connectivity index (χ2n) is 5.84. The fourth-order valence-electron chi connectivity index (χ4n) is 2.91. The Labute approximate surface area is 120 Å². The molecule has 1 aliphatic rings. The first-order valence-corrected chi connectivity index (χ1v) is 7.35. The minimum Gasteiger partial charge on any atom is -0.490 e. The molecule has 0 aliphatic heterocycles. The van der Waals surface area contributed by atoms with Crippen LogP contribution in [0.3, 0.4) is 0 Å². The van der Waals surface area contributed by atoms with E-state index in [1.54, 1.807) is 0 Å². The molecule has 20 heavy (non-hydrogen) atoms. The second kappa shape index (κ2) is 5.54. The van der Waals surface area contributed by atoms with Crippen molar-refractivity contribution in [2.75, 3.05) is 0 Å². The summed E-state index contributed by atoms with van der Waals surface area (Å²) in [7, 11) is 0. The molecule has 2 aromatic carbocycles. The van der Waals surface area contributed by atoms with Gasteiger partial charge in [-0.05, 0) is 66.6 Å². The molecule has 0 saturated heterocycles. The molecule has 0 bridgehead atoms. The van der Waals surface area contributed by atoms with Gasteiger partial charge in [0, 0.05) is 0 Å². The molecule has 0 amide bonds. The van der Waals surface area contributed by atoms with Crippen molar-refractivity contribution in [1.82, 2.24) is 0 Å². The van der Waals surface area contributed by atoms with E-state index in [-0.39, 0.29) is 0 Å². The molecular formula is C18H19NO. The maximum absolute atomic E-state index is 8.91. The van der Waals surface area contributed by atoms with Gasteiger partial charge in [0.05, 0.1) is 17.7 Å². The first-order valence-electron chi connectivity index (χ1n) is 7.35. The van der Waals surface area contributed by atoms with Gasteiger partial charge in [0.15, 0.2) is 0 Å². The molecule has 2 nitrogen and oxygen atoms in total. The summed E-state index contributed by atoms with van der Waals surface area (Å²) in [5.41, 5.74) is 0.701. The van der Waals surface area contributed by atoms with Crippen molar-refractivity contribution in [2.24, 2.45) is 5.92 Å². The largest absolute Gasteiger partial charge is 0.490 e. The maximum atomic E-state index is 8.91. The van der Waals surface area contributed by atoms with E-state index in [1.165, 1.54) is 12.8 Å². The Morgan fingerprint density at radius 1 is 1.00 bits per heavy atom. The van der Waals surface area contributed by atoms with Crippen LogP contribution in [0.4, 0.5) is 0 Å². The summed E-state index contributed by atoms with van der Waals surface area (Å²) >= 11 is 0. The van der Waals surface area contributed by atoms with E-state index in [0.29, 0.717) is 11.7 Å². The highest BCUT2D eigenvalue weighted by molar-refractivity contribution is 5.85. The van der Waals surface area contributed by atoms with Crippen molar-refractivity contribution in [3.05, 3.63) is 42.0 Å². The highest BCUT2D eigenvalue weighted by Gasteiger charge is 2.19. The number of rotatable bonds is 2. The Balaban J connectivity index is 1.78. The molecule has 3 rings (SSSR count). The molecule has 2 aromatic rings. The predicted octanol–water partition coefficient (Wildman–Crippen LogP) is 4.67. The van der Waals surface area contributed by atoms with Gasteiger partial charge < -0.3 is 4.74 Å². The average Bonchev–Trinajstić information content (AvgIpc) is 2.49. The zero-order valence-electron chi connectivity index (χ0n) is 11.8. The molecule has 0 atom stereocenters. The summed E-state index contributed by atoms with van der Waals surface area (Å²) in [6.45, 7) is 2.32. The first kappa shape index (κ1) is 13.0. The summed E-state index contributed by atoms with van der Waals surface area (Å²) in [5.74, 6) is 1.79. The van der Waals surface area contributed by atoms with Crippen molar-refractivity contribution in [1.29, 1.82) is 5.26 Å². The second-order valence-corrected chi connectivity index (χ2v) is 5.84. The van der Waals surface area contributed by atoms with Gasteiger partial charge in [0.2, 0.25) is 0 Å². The molecule has 0 radical (unpaired) electrons. The number of hydrogen-bond donors (Lipinski definition) is 0. The highest BCUT2D eigenvalue weighted by atomic mass is 16.5. The SMILES string of the molecule is CC1CCC(Oc2ccc3cc(C#N)ccc3c2)CC1. The van der Waals surface area contributed by atoms with Crippen LogP contribution in [-0.4, -0.2) is 6.10 Å². The lowest BCUT2D eigenvalue weighted by molar-refractivity contribution is 0.136. The molecule has 102 valence electrons. The molecule has 1 fully saturated rings. The monoisotopic (exact) mass is 265 g/mol. The van der Waals surface area contributed by atoms with Crippen LogP contribution in [0, 0.1) is 17.2 Å². The van der Waals surface area contributed by atoms with Crippen LogP contribution >= 0.6 is 0 Å². The highest BCUT2D eigenvalue weighted by Crippen LogP contribution is 2.29. The molecule has 0 heterocycles. The molecular weight excluding hydrogens is 246 g/mol. The molecule has 1 saturated carbocycles. The van der Waals surface area contributed by atoms with Crippen molar-refractivity contribution in [2.45, 2.75) is 38.7 Å². The van der Waals surface area contributed by atoms with Gasteiger partial charge in [-0.3, -0.25) is 0 Å². The van der Waals surface area contributed by atoms with Gasteiger partial charge in [-0.1, -0.05) is 19.1 Å². The van der Waals surface area contributed by atoms with Gasteiger partial charge in [0.1, 0.15) is 5.75 Å². The molecule has 0 unspecified atom stereocenters. The Morgan fingerprint density at radius 3 is 2.45 bits per heavy atom. The predicted molar refractivity (Wildman–Crippen MR) is 80.7 cm³/mol. The fourth-order valence-corrected chi connectivity index (χ4v) is 2.91. The lowest BCUT2D eigenvalue weighted by Gasteiger charge is -2.27. The Bertz CT molecular complexity index is 648. The van der Waals surface area contributed by atoms with E-state index >= 15 is 0 Å². The van der Waals surface area contributed by atoms with E-state index in [4.69, 9.17) is 10.00 Å². The van der Waals surface area contributed by atoms with Crippen LogP contribution in [0.15, 0.2) is 36.4 Å². The number of nitriles is 1. The lowest BCUT2D eigenvalue weighted by atomic mass is 9.89. The Kier molecular flexibility index (Phi) is 3.60. The number of hydrogen-bond acceptors (Lipinski definition) is 2. The zero-order chi connectivity index (χ0) is 13.9. The summed E-state index contributed by atoms with van der Waals surface area (Å²) in [4.78, 5) is 0. The smallest absolute Gasteiger partial charge is 0.120 e. The van der Waals surface area contributed by atoms with Crippen LogP contribution in [-0.2, 0) is 0 Å². The number of benzene rings is 2. The Morgan fingerprint density at radius 2 is 1.70 bits per heavy atom. The zero-order valence-corrected chi connectivity index (χ0v) is 11.8. The third kappa shape index (κ3) is 2.77. The third-order valence-corrected chi connectivity index (χ3v) is 4.21. The summed E-state index contributed by atoms with van der Waals surface area (Å²) in [6.07, 6.45) is 5.22. The minimum absolute atomic E-state index is 0.363. The summed E-state index contributed by atoms with van der Waals surface area (Å²) in [5, 5.41) is 11.1. The van der Waals surface area contributed by atoms with E-state index in [1.807, 2.05) is 30.3 Å². The quantitative estimate of drug-likeness (QED) is 0.790. The van der Waals surface area contributed by atoms with E-state index in [0.717, 1.165) is 35.3 Å². The standard InChI is InChI=1S/C18H19NO/c1-13-2-7-17(8-3-13)20-18-9-6-15-10-14(12-19)4-5-16(15)11-18/h4-6,9-11,13,17H,2-3,7-8H2,1H3. The summed E-state index contributed by atoms with van der Waals surface area (Å²) < 4.78 is 6.10. The molecule has 1 aliphatic carbocycles. The number of fused-ring (bicyclic) bond motifs is 1. The van der Waals surface area contributed by atoms with Crippen molar-refractivity contribution in [3.63, 3.8) is 0 Å². The van der Waals surface area contributed by atoms with E-state index < -0.39 is 0 Å². The van der Waals surface area contributed by atoms with E-state index in [2.05, 4.69) is 19.1 Å². The van der Waals surface area contributed by atoms with Gasteiger partial charge in [-0.2, -0.15) is 5.26 Å². The van der Waals surface area contributed by atoms with Crippen LogP contribution in [0.2, 0.25) is 0 Å². The maximum Gasteiger partial charge on any atom is 0.120 e. The minimum atomic E-state index is 0.363. The average molecular weight is 265 g/mol. The van der Waals surface area contributed by atoms with Gasteiger partial charge in [-0.25, -0.2) is 0 Å². The van der Waals surface area contributed by atoms with E-state index in [9.17, 15) is 0 Å². The van der Waals surface area contributed by atoms with Crippen LogP contribution in [0.1, 0.15) is 38.2 Å². The first-order chi connectivity index (χ1) is 9.74. The third-order valence-electron chi connectivity index (χ3n) is 4.21. The Hall–Kier alpha value is -2.01. The molecule has 0 N–H and O–H groups in total. The normalized spacial score (nSPS) is 22.4. The number of ether oxygens (including phenoxy) is 1. The van der Waals surface area contributed by atoms with Crippen molar-refractivity contribution >= 4 is 10.8 Å². The van der Waals surface area contributed by atoms with Gasteiger partial charge >= 0.3 is 0 Å². The van der Waals surface area contributed by atoms with Crippen LogP contribution in [0.25, 0.3) is 10.8 Å². The van der Waals surface area contributed by atoms with Gasteiger partial charge in [0.25, 0.3) is 0 Å². The van der Waals surface area contributed by atoms with Crippen LogP contribution in [0.5, 0.6) is 5.75 Å². The topological polar surface area (TPSA) is 33.0 Å². The summed E-state index contributed by atoms with van der Waals surface area (Å²) in [6, 6.07) is 14.1. The number of nitrogens with zero attached hydrogens (tertiary/aromatic N) is 1. The molecule has 0 spiro atoms.